The Balaban J connectivity index is 1.73. The molecule has 1 aromatic heterocycles. The number of fused-ring (bicyclic) bond motifs is 2. The zero-order chi connectivity index (χ0) is 18.1. The molecule has 5 heteroatoms. The summed E-state index contributed by atoms with van der Waals surface area (Å²) in [5.41, 5.74) is 2.71. The zero-order valence-electron chi connectivity index (χ0n) is 15.0. The predicted molar refractivity (Wildman–Crippen MR) is 99.4 cm³/mol. The van der Waals surface area contributed by atoms with Crippen molar-refractivity contribution in [2.24, 2.45) is 5.92 Å². The molecule has 26 heavy (non-hydrogen) atoms. The molecule has 5 nitrogen and oxygen atoms in total. The third kappa shape index (κ3) is 3.05. The summed E-state index contributed by atoms with van der Waals surface area (Å²) in [5, 5.41) is 0. The van der Waals surface area contributed by atoms with Crippen LogP contribution < -0.4 is 4.74 Å². The first-order valence-corrected chi connectivity index (χ1v) is 9.02. The Labute approximate surface area is 152 Å². The van der Waals surface area contributed by atoms with Crippen molar-refractivity contribution < 1.29 is 14.3 Å². The summed E-state index contributed by atoms with van der Waals surface area (Å²) >= 11 is 0. The Morgan fingerprint density at radius 1 is 1.23 bits per heavy atom. The van der Waals surface area contributed by atoms with Gasteiger partial charge in [-0.3, -0.25) is 0 Å². The van der Waals surface area contributed by atoms with Gasteiger partial charge in [-0.05, 0) is 42.5 Å². The number of benzene rings is 2. The van der Waals surface area contributed by atoms with Crippen molar-refractivity contribution in [2.75, 3.05) is 6.61 Å². The average Bonchev–Trinajstić information content (AvgIpc) is 3.05. The SMILES string of the molecule is CC(C)COC(=O)n1c(C2CCc3ccccc3O2)nc2ccccc21. The number of carbonyl (C=O) groups is 1. The molecule has 0 aliphatic carbocycles. The van der Waals surface area contributed by atoms with E-state index in [4.69, 9.17) is 14.5 Å². The highest BCUT2D eigenvalue weighted by atomic mass is 16.6. The number of rotatable bonds is 3. The van der Waals surface area contributed by atoms with Crippen LogP contribution in [0.5, 0.6) is 5.75 Å². The van der Waals surface area contributed by atoms with Gasteiger partial charge in [0.15, 0.2) is 11.9 Å². The highest BCUT2D eigenvalue weighted by Crippen LogP contribution is 2.35. The van der Waals surface area contributed by atoms with Gasteiger partial charge in [-0.2, -0.15) is 0 Å². The van der Waals surface area contributed by atoms with Crippen LogP contribution in [0, 0.1) is 5.92 Å². The molecule has 134 valence electrons. The highest BCUT2D eigenvalue weighted by Gasteiger charge is 2.29. The molecule has 1 aliphatic rings. The Morgan fingerprint density at radius 2 is 2.00 bits per heavy atom. The second-order valence-corrected chi connectivity index (χ2v) is 7.02. The van der Waals surface area contributed by atoms with Gasteiger partial charge >= 0.3 is 6.09 Å². The maximum Gasteiger partial charge on any atom is 0.420 e. The van der Waals surface area contributed by atoms with Crippen molar-refractivity contribution in [3.05, 3.63) is 59.9 Å². The molecule has 3 aromatic rings. The van der Waals surface area contributed by atoms with Crippen molar-refractivity contribution >= 4 is 17.1 Å². The maximum atomic E-state index is 12.8. The molecule has 2 heterocycles. The van der Waals surface area contributed by atoms with E-state index in [-0.39, 0.29) is 12.0 Å². The van der Waals surface area contributed by atoms with Gasteiger partial charge in [0, 0.05) is 0 Å². The van der Waals surface area contributed by atoms with Crippen LogP contribution in [0.25, 0.3) is 11.0 Å². The minimum absolute atomic E-state index is 0.273. The zero-order valence-corrected chi connectivity index (χ0v) is 15.0. The van der Waals surface area contributed by atoms with E-state index in [1.807, 2.05) is 56.3 Å². The summed E-state index contributed by atoms with van der Waals surface area (Å²) in [4.78, 5) is 17.5. The van der Waals surface area contributed by atoms with E-state index in [0.29, 0.717) is 12.4 Å². The Morgan fingerprint density at radius 3 is 2.85 bits per heavy atom. The highest BCUT2D eigenvalue weighted by molar-refractivity contribution is 5.87. The van der Waals surface area contributed by atoms with Crippen molar-refractivity contribution in [1.82, 2.24) is 9.55 Å². The van der Waals surface area contributed by atoms with Crippen LogP contribution in [0.4, 0.5) is 4.79 Å². The molecule has 1 atom stereocenters. The molecule has 4 rings (SSSR count). The fourth-order valence-electron chi connectivity index (χ4n) is 3.26. The van der Waals surface area contributed by atoms with Crippen molar-refractivity contribution in [1.29, 1.82) is 0 Å². The molecule has 0 N–H and O–H groups in total. The Bertz CT molecular complexity index is 945. The third-order valence-electron chi connectivity index (χ3n) is 4.52. The fraction of sp³-hybridized carbons (Fsp3) is 0.333. The lowest BCUT2D eigenvalue weighted by Crippen LogP contribution is -2.24. The van der Waals surface area contributed by atoms with Crippen LogP contribution in [0.3, 0.4) is 0 Å². The van der Waals surface area contributed by atoms with E-state index < -0.39 is 6.09 Å². The van der Waals surface area contributed by atoms with Crippen molar-refractivity contribution in [2.45, 2.75) is 32.8 Å². The second kappa shape index (κ2) is 6.83. The van der Waals surface area contributed by atoms with Crippen LogP contribution in [0.1, 0.15) is 37.8 Å². The number of aromatic nitrogens is 2. The predicted octanol–water partition coefficient (Wildman–Crippen LogP) is 4.74. The molecule has 0 bridgehead atoms. The lowest BCUT2D eigenvalue weighted by atomic mass is 10.0. The molecular weight excluding hydrogens is 328 g/mol. The van der Waals surface area contributed by atoms with Gasteiger partial charge in [0.05, 0.1) is 17.6 Å². The minimum atomic E-state index is -0.398. The van der Waals surface area contributed by atoms with Crippen LogP contribution in [0.2, 0.25) is 0 Å². The van der Waals surface area contributed by atoms with E-state index in [1.165, 1.54) is 5.56 Å². The van der Waals surface area contributed by atoms with E-state index in [1.54, 1.807) is 4.57 Å². The van der Waals surface area contributed by atoms with E-state index in [0.717, 1.165) is 29.6 Å². The van der Waals surface area contributed by atoms with Crippen LogP contribution in [-0.2, 0) is 11.2 Å². The molecular formula is C21H22N2O3. The summed E-state index contributed by atoms with van der Waals surface area (Å²) < 4.78 is 13.2. The number of nitrogens with zero attached hydrogens (tertiary/aromatic N) is 2. The quantitative estimate of drug-likeness (QED) is 0.684. The van der Waals surface area contributed by atoms with Crippen molar-refractivity contribution in [3.63, 3.8) is 0 Å². The average molecular weight is 350 g/mol. The number of aryl methyl sites for hydroxylation is 1. The van der Waals surface area contributed by atoms with Gasteiger partial charge < -0.3 is 9.47 Å². The lowest BCUT2D eigenvalue weighted by Gasteiger charge is -2.25. The smallest absolute Gasteiger partial charge is 0.420 e. The van der Waals surface area contributed by atoms with Gasteiger partial charge in [0.2, 0.25) is 0 Å². The number of imidazole rings is 1. The topological polar surface area (TPSA) is 53.4 Å². The monoisotopic (exact) mass is 350 g/mol. The molecule has 0 saturated carbocycles. The summed E-state index contributed by atoms with van der Waals surface area (Å²) in [7, 11) is 0. The summed E-state index contributed by atoms with van der Waals surface area (Å²) in [6.07, 6.45) is 0.997. The van der Waals surface area contributed by atoms with Crippen LogP contribution in [-0.4, -0.2) is 22.3 Å². The van der Waals surface area contributed by atoms with Gasteiger partial charge in [-0.25, -0.2) is 14.3 Å². The first-order valence-electron chi connectivity index (χ1n) is 9.02. The first kappa shape index (κ1) is 16.6. The standard InChI is InChI=1S/C21H22N2O3/c1-14(2)13-25-21(24)23-17-9-5-4-8-16(17)22-20(23)19-12-11-15-7-3-6-10-18(15)26-19/h3-10,14,19H,11-13H2,1-2H3. The number of para-hydroxylation sites is 3. The van der Waals surface area contributed by atoms with E-state index in [2.05, 4.69) is 6.07 Å². The Kier molecular flexibility index (Phi) is 4.37. The summed E-state index contributed by atoms with van der Waals surface area (Å²) in [6, 6.07) is 15.6. The van der Waals surface area contributed by atoms with Crippen molar-refractivity contribution in [3.8, 4) is 5.75 Å². The molecule has 1 aliphatic heterocycles. The third-order valence-corrected chi connectivity index (χ3v) is 4.52. The fourth-order valence-corrected chi connectivity index (χ4v) is 3.26. The molecule has 0 spiro atoms. The molecule has 1 unspecified atom stereocenters. The number of hydrogen-bond acceptors (Lipinski definition) is 4. The molecule has 0 saturated heterocycles. The van der Waals surface area contributed by atoms with Gasteiger partial charge in [0.1, 0.15) is 5.75 Å². The molecule has 0 radical (unpaired) electrons. The summed E-state index contributed by atoms with van der Waals surface area (Å²) in [6.45, 7) is 4.40. The van der Waals surface area contributed by atoms with Crippen LogP contribution in [0.15, 0.2) is 48.5 Å². The van der Waals surface area contributed by atoms with Gasteiger partial charge in [-0.15, -0.1) is 0 Å². The lowest BCUT2D eigenvalue weighted by molar-refractivity contribution is 0.126. The summed E-state index contributed by atoms with van der Waals surface area (Å²) in [5.74, 6) is 1.74. The molecule has 0 fully saturated rings. The molecule has 0 amide bonds. The van der Waals surface area contributed by atoms with Gasteiger partial charge in [-0.1, -0.05) is 44.2 Å². The number of carbonyl (C=O) groups excluding carboxylic acids is 1. The van der Waals surface area contributed by atoms with Gasteiger partial charge in [0.25, 0.3) is 0 Å². The minimum Gasteiger partial charge on any atom is -0.482 e. The van der Waals surface area contributed by atoms with E-state index >= 15 is 0 Å². The largest absolute Gasteiger partial charge is 0.482 e. The first-order chi connectivity index (χ1) is 12.6. The second-order valence-electron chi connectivity index (χ2n) is 7.02. The maximum absolute atomic E-state index is 12.8. The van der Waals surface area contributed by atoms with E-state index in [9.17, 15) is 4.79 Å². The number of hydrogen-bond donors (Lipinski definition) is 0. The Hall–Kier alpha value is -2.82. The number of ether oxygens (including phenoxy) is 2. The molecule has 2 aromatic carbocycles. The normalized spacial score (nSPS) is 16.3. The van der Waals surface area contributed by atoms with Crippen LogP contribution >= 0.6 is 0 Å².